The highest BCUT2D eigenvalue weighted by Crippen LogP contribution is 2.51. The van der Waals surface area contributed by atoms with Crippen LogP contribution in [-0.4, -0.2) is 64.6 Å². The lowest BCUT2D eigenvalue weighted by atomic mass is 9.79. The number of carboxylic acid groups (broad SMARTS) is 1. The Morgan fingerprint density at radius 2 is 1.43 bits per heavy atom. The molecule has 0 saturated carbocycles. The first-order chi connectivity index (χ1) is 27.8. The van der Waals surface area contributed by atoms with Crippen molar-refractivity contribution in [2.45, 2.75) is 89.9 Å². The number of carboxylic acids is 1. The first-order valence-corrected chi connectivity index (χ1v) is 21.4. The molecule has 302 valence electrons. The highest BCUT2D eigenvalue weighted by molar-refractivity contribution is 6.32. The van der Waals surface area contributed by atoms with Crippen molar-refractivity contribution in [3.63, 3.8) is 0 Å². The van der Waals surface area contributed by atoms with Crippen molar-refractivity contribution >= 4 is 56.2 Å². The van der Waals surface area contributed by atoms with Gasteiger partial charge in [-0.15, -0.1) is 0 Å². The second kappa shape index (κ2) is 17.1. The van der Waals surface area contributed by atoms with Crippen LogP contribution >= 0.6 is 11.6 Å². The van der Waals surface area contributed by atoms with E-state index in [1.807, 2.05) is 0 Å². The number of fused-ring (bicyclic) bond motifs is 6. The first kappa shape index (κ1) is 41.3. The Balaban J connectivity index is 1.23. The molecule has 0 unspecified atom stereocenters. The summed E-state index contributed by atoms with van der Waals surface area (Å²) in [5, 5.41) is 24.7. The van der Waals surface area contributed by atoms with Gasteiger partial charge in [0.1, 0.15) is 6.54 Å². The lowest BCUT2D eigenvalue weighted by Gasteiger charge is -2.28. The molecule has 0 fully saturated rings. The molecule has 0 bridgehead atoms. The number of anilines is 1. The Morgan fingerprint density at radius 3 is 2.14 bits per heavy atom. The van der Waals surface area contributed by atoms with Crippen molar-refractivity contribution in [3.8, 4) is 0 Å². The Kier molecular flexibility index (Phi) is 12.2. The van der Waals surface area contributed by atoms with Crippen LogP contribution in [0, 0.1) is 0 Å². The van der Waals surface area contributed by atoms with Gasteiger partial charge < -0.3 is 15.1 Å². The number of unbranched alkanes of at least 4 members (excludes halogenated alkanes) is 4. The number of aliphatic hydroxyl groups excluding tert-OH is 1. The van der Waals surface area contributed by atoms with E-state index in [0.717, 1.165) is 74.5 Å². The number of hydrogen-bond acceptors (Lipinski definition) is 4. The minimum Gasteiger partial charge on any atom is -0.513 e. The van der Waals surface area contributed by atoms with E-state index < -0.39 is 5.97 Å². The topological polar surface area (TPSA) is 67.0 Å². The molecule has 0 aliphatic carbocycles. The van der Waals surface area contributed by atoms with Gasteiger partial charge in [0.15, 0.2) is 5.71 Å². The molecular formula is C51H59ClN3O3+. The largest absolute Gasteiger partial charge is 0.513 e. The summed E-state index contributed by atoms with van der Waals surface area (Å²) in [7, 11) is 2.16. The minimum atomic E-state index is -0.734. The van der Waals surface area contributed by atoms with Crippen LogP contribution in [0.15, 0.2) is 131 Å². The van der Waals surface area contributed by atoms with Crippen molar-refractivity contribution in [3.05, 3.63) is 142 Å². The molecule has 0 atom stereocenters. The van der Waals surface area contributed by atoms with Gasteiger partial charge in [0.2, 0.25) is 5.69 Å². The zero-order valence-electron chi connectivity index (χ0n) is 35.0. The summed E-state index contributed by atoms with van der Waals surface area (Å²) >= 11 is 7.41. The van der Waals surface area contributed by atoms with Crippen LogP contribution in [0.25, 0.3) is 21.5 Å². The molecule has 4 aromatic rings. The molecule has 3 aliphatic heterocycles. The Labute approximate surface area is 349 Å². The van der Waals surface area contributed by atoms with Crippen LogP contribution in [0.2, 0.25) is 0 Å². The predicted octanol–water partition coefficient (Wildman–Crippen LogP) is 12.2. The third-order valence-electron chi connectivity index (χ3n) is 12.5. The number of halogens is 1. The normalized spacial score (nSPS) is 19.0. The van der Waals surface area contributed by atoms with Crippen LogP contribution in [0.3, 0.4) is 0 Å². The van der Waals surface area contributed by atoms with E-state index in [0.29, 0.717) is 12.8 Å². The quantitative estimate of drug-likeness (QED) is 0.0712. The first-order valence-electron chi connectivity index (χ1n) is 21.0. The molecule has 6 nitrogen and oxygen atoms in total. The standard InChI is InChI=1S/C51H58ClN3O3/c1-35(56)17-9-7-15-31-54-42-27-23-36-18-11-13-20-40(36)47(42)50(2,3)44(54)29-25-38-33-53(6)34-39(49(38)52)26-30-45-51(4,5)48-41-21-14-12-19-37(41)24-28-43(48)55(45)32-16-8-10-22-46(57)58/h11-14,18-21,23-30H,1,7-10,15-17,22,31-34H2,2-6H3,(H-,56,57,58)/p+1. The number of allylic oxidation sites excluding steroid dienone is 5. The molecule has 58 heavy (non-hydrogen) atoms. The number of aliphatic carboxylic acids is 1. The third kappa shape index (κ3) is 8.19. The molecule has 0 saturated heterocycles. The molecule has 0 spiro atoms. The van der Waals surface area contributed by atoms with Crippen molar-refractivity contribution in [2.75, 3.05) is 38.1 Å². The Bertz CT molecular complexity index is 2410. The van der Waals surface area contributed by atoms with E-state index in [1.165, 1.54) is 55.5 Å². The number of likely N-dealkylation sites (N-methyl/N-ethyl adjacent to an activating group) is 1. The fraction of sp³-hybridized carbons (Fsp3) is 0.373. The summed E-state index contributed by atoms with van der Waals surface area (Å²) in [6.45, 7) is 16.2. The van der Waals surface area contributed by atoms with Gasteiger partial charge in [-0.3, -0.25) is 9.69 Å². The molecule has 4 aromatic carbocycles. The highest BCUT2D eigenvalue weighted by atomic mass is 35.5. The van der Waals surface area contributed by atoms with E-state index in [4.69, 9.17) is 11.6 Å². The van der Waals surface area contributed by atoms with E-state index in [2.05, 4.69) is 153 Å². The monoisotopic (exact) mass is 796 g/mol. The smallest absolute Gasteiger partial charge is 0.303 e. The van der Waals surface area contributed by atoms with Gasteiger partial charge in [0, 0.05) is 78.4 Å². The molecule has 0 amide bonds. The van der Waals surface area contributed by atoms with Crippen LogP contribution in [-0.2, 0) is 15.6 Å². The zero-order chi connectivity index (χ0) is 41.2. The fourth-order valence-corrected chi connectivity index (χ4v) is 9.89. The molecule has 0 aromatic heterocycles. The lowest BCUT2D eigenvalue weighted by molar-refractivity contribution is -0.438. The van der Waals surface area contributed by atoms with E-state index in [-0.39, 0.29) is 23.0 Å². The van der Waals surface area contributed by atoms with Gasteiger partial charge in [-0.1, -0.05) is 99.1 Å². The number of hydrogen-bond donors (Lipinski definition) is 2. The second-order valence-electron chi connectivity index (χ2n) is 17.5. The van der Waals surface area contributed by atoms with Crippen LogP contribution in [0.5, 0.6) is 0 Å². The van der Waals surface area contributed by atoms with Gasteiger partial charge >= 0.3 is 5.97 Å². The van der Waals surface area contributed by atoms with Gasteiger partial charge in [-0.2, -0.15) is 4.58 Å². The van der Waals surface area contributed by atoms with Crippen molar-refractivity contribution in [1.29, 1.82) is 0 Å². The molecule has 3 aliphatic rings. The summed E-state index contributed by atoms with van der Waals surface area (Å²) < 4.78 is 2.51. The van der Waals surface area contributed by atoms with E-state index in [1.54, 1.807) is 0 Å². The summed E-state index contributed by atoms with van der Waals surface area (Å²) in [5.41, 5.74) is 9.38. The summed E-state index contributed by atoms with van der Waals surface area (Å²) in [6, 6.07) is 26.4. The maximum absolute atomic E-state index is 11.2. The minimum absolute atomic E-state index is 0.206. The highest BCUT2D eigenvalue weighted by Gasteiger charge is 2.45. The van der Waals surface area contributed by atoms with Crippen molar-refractivity contribution < 1.29 is 19.6 Å². The molecule has 7 rings (SSSR count). The zero-order valence-corrected chi connectivity index (χ0v) is 35.7. The molecule has 2 N–H and O–H groups in total. The number of aliphatic hydroxyl groups is 1. The van der Waals surface area contributed by atoms with Gasteiger partial charge in [-0.05, 0) is 109 Å². The molecule has 3 heterocycles. The number of nitrogens with zero attached hydrogens (tertiary/aromatic N) is 3. The average Bonchev–Trinajstić information content (AvgIpc) is 3.55. The SMILES string of the molecule is C=C(O)CCCCC[N+]1=C(C=CC2=C(Cl)C(=CC=C3N(CCCCCC(=O)O)c4ccc5ccccc5c4C3(C)C)CN(C)C2)C(C)(C)c2c1ccc1ccccc21. The van der Waals surface area contributed by atoms with Crippen LogP contribution in [0.4, 0.5) is 11.4 Å². The second-order valence-corrected chi connectivity index (χ2v) is 17.8. The van der Waals surface area contributed by atoms with Gasteiger partial charge in [0.05, 0.1) is 11.2 Å². The van der Waals surface area contributed by atoms with Gasteiger partial charge in [-0.25, -0.2) is 0 Å². The molecule has 7 heteroatoms. The third-order valence-corrected chi connectivity index (χ3v) is 12.9. The van der Waals surface area contributed by atoms with Crippen LogP contribution < -0.4 is 4.90 Å². The van der Waals surface area contributed by atoms with Crippen molar-refractivity contribution in [2.24, 2.45) is 0 Å². The molecular weight excluding hydrogens is 738 g/mol. The summed E-state index contributed by atoms with van der Waals surface area (Å²) in [6.07, 6.45) is 15.3. The summed E-state index contributed by atoms with van der Waals surface area (Å²) in [5.74, 6) is -0.475. The Morgan fingerprint density at radius 1 is 0.776 bits per heavy atom. The maximum atomic E-state index is 11.2. The van der Waals surface area contributed by atoms with E-state index in [9.17, 15) is 15.0 Å². The summed E-state index contributed by atoms with van der Waals surface area (Å²) in [4.78, 5) is 16.0. The number of benzene rings is 4. The average molecular weight is 798 g/mol. The maximum Gasteiger partial charge on any atom is 0.303 e. The Hall–Kier alpha value is -4.91. The molecule has 0 radical (unpaired) electrons. The lowest BCUT2D eigenvalue weighted by Crippen LogP contribution is -2.30. The fourth-order valence-electron chi connectivity index (χ4n) is 9.64. The van der Waals surface area contributed by atoms with Crippen molar-refractivity contribution in [1.82, 2.24) is 4.90 Å². The predicted molar refractivity (Wildman–Crippen MR) is 243 cm³/mol. The van der Waals surface area contributed by atoms with E-state index >= 15 is 0 Å². The number of carbonyl (C=O) groups is 1. The number of rotatable bonds is 15. The van der Waals surface area contributed by atoms with Gasteiger partial charge in [0.25, 0.3) is 0 Å². The van der Waals surface area contributed by atoms with Crippen LogP contribution in [0.1, 0.15) is 90.2 Å².